The van der Waals surface area contributed by atoms with Gasteiger partial charge in [-0.3, -0.25) is 19.7 Å². The van der Waals surface area contributed by atoms with Crippen LogP contribution in [0, 0.1) is 10.1 Å². The van der Waals surface area contributed by atoms with Crippen molar-refractivity contribution < 1.29 is 19.2 Å². The number of nitro groups is 1. The van der Waals surface area contributed by atoms with E-state index in [-0.39, 0.29) is 28.4 Å². The van der Waals surface area contributed by atoms with Crippen LogP contribution in [0.5, 0.6) is 5.75 Å². The number of methoxy groups -OCH3 is 1. The lowest BCUT2D eigenvalue weighted by Crippen LogP contribution is -2.07. The van der Waals surface area contributed by atoms with Gasteiger partial charge in [0.15, 0.2) is 17.8 Å². The van der Waals surface area contributed by atoms with Crippen LogP contribution in [0.1, 0.15) is 20.7 Å². The first-order valence-corrected chi connectivity index (χ1v) is 4.99. The summed E-state index contributed by atoms with van der Waals surface area (Å²) in [7, 11) is 1.24. The maximum atomic E-state index is 11.4. The lowest BCUT2D eigenvalue weighted by molar-refractivity contribution is -0.385. The number of Topliss-reactive ketones (excluding diaryl/α,β-unsaturated/α-hetero) is 1. The van der Waals surface area contributed by atoms with Gasteiger partial charge < -0.3 is 4.74 Å². The predicted octanol–water partition coefficient (Wildman–Crippen LogP) is 1.84. The average molecular weight is 258 g/mol. The van der Waals surface area contributed by atoms with Crippen molar-refractivity contribution in [3.8, 4) is 5.75 Å². The standard InChI is InChI=1S/C10H8ClNO5/c1-17-10-2-6(5-13)7(9(14)4-11)3-8(10)12(15)16/h2-3,5H,4H2,1H3. The maximum absolute atomic E-state index is 11.4. The van der Waals surface area contributed by atoms with E-state index in [2.05, 4.69) is 0 Å². The lowest BCUT2D eigenvalue weighted by Gasteiger charge is -2.06. The van der Waals surface area contributed by atoms with Gasteiger partial charge in [0.05, 0.1) is 17.9 Å². The molecule has 0 N–H and O–H groups in total. The van der Waals surface area contributed by atoms with Crippen molar-refractivity contribution in [3.05, 3.63) is 33.4 Å². The van der Waals surface area contributed by atoms with E-state index in [9.17, 15) is 19.7 Å². The predicted molar refractivity (Wildman–Crippen MR) is 60.1 cm³/mol. The van der Waals surface area contributed by atoms with Crippen LogP contribution in [0.15, 0.2) is 12.1 Å². The first-order chi connectivity index (χ1) is 8.04. The Morgan fingerprint density at radius 1 is 1.59 bits per heavy atom. The molecule has 7 heteroatoms. The Hall–Kier alpha value is -1.95. The van der Waals surface area contributed by atoms with Crippen LogP contribution < -0.4 is 4.74 Å². The zero-order valence-electron chi connectivity index (χ0n) is 8.81. The summed E-state index contributed by atoms with van der Waals surface area (Å²) in [6.45, 7) is 0. The molecule has 6 nitrogen and oxygen atoms in total. The number of hydrogen-bond donors (Lipinski definition) is 0. The molecule has 0 spiro atoms. The van der Waals surface area contributed by atoms with E-state index in [1.165, 1.54) is 7.11 Å². The molecule has 0 radical (unpaired) electrons. The van der Waals surface area contributed by atoms with E-state index in [0.717, 1.165) is 12.1 Å². The number of rotatable bonds is 5. The number of carbonyl (C=O) groups is 2. The zero-order chi connectivity index (χ0) is 13.0. The van der Waals surface area contributed by atoms with Crippen LogP contribution in [-0.4, -0.2) is 30.0 Å². The highest BCUT2D eigenvalue weighted by Crippen LogP contribution is 2.30. The van der Waals surface area contributed by atoms with Crippen molar-refractivity contribution in [1.29, 1.82) is 0 Å². The number of alkyl halides is 1. The molecule has 0 unspecified atom stereocenters. The largest absolute Gasteiger partial charge is 0.490 e. The number of carbonyl (C=O) groups excluding carboxylic acids is 2. The van der Waals surface area contributed by atoms with Crippen LogP contribution in [-0.2, 0) is 0 Å². The quantitative estimate of drug-likeness (QED) is 0.264. The second-order valence-corrected chi connectivity index (χ2v) is 3.31. The van der Waals surface area contributed by atoms with Gasteiger partial charge in [-0.1, -0.05) is 0 Å². The SMILES string of the molecule is COc1cc(C=O)c(C(=O)CCl)cc1[N+](=O)[O-]. The summed E-state index contributed by atoms with van der Waals surface area (Å²) in [5, 5.41) is 10.7. The van der Waals surface area contributed by atoms with E-state index >= 15 is 0 Å². The van der Waals surface area contributed by atoms with Gasteiger partial charge in [-0.05, 0) is 6.07 Å². The highest BCUT2D eigenvalue weighted by Gasteiger charge is 2.21. The minimum Gasteiger partial charge on any atom is -0.490 e. The van der Waals surface area contributed by atoms with Gasteiger partial charge in [0, 0.05) is 17.2 Å². The fourth-order valence-corrected chi connectivity index (χ4v) is 1.45. The third-order valence-corrected chi connectivity index (χ3v) is 2.34. The summed E-state index contributed by atoms with van der Waals surface area (Å²) in [6.07, 6.45) is 0.423. The maximum Gasteiger partial charge on any atom is 0.311 e. The molecule has 1 rings (SSSR count). The topological polar surface area (TPSA) is 86.5 Å². The molecule has 0 aromatic heterocycles. The summed E-state index contributed by atoms with van der Waals surface area (Å²) < 4.78 is 4.77. The van der Waals surface area contributed by atoms with E-state index in [1.807, 2.05) is 0 Å². The van der Waals surface area contributed by atoms with Crippen molar-refractivity contribution in [2.75, 3.05) is 13.0 Å². The van der Waals surface area contributed by atoms with Gasteiger partial charge >= 0.3 is 5.69 Å². The van der Waals surface area contributed by atoms with Gasteiger partial charge in [0.25, 0.3) is 0 Å². The van der Waals surface area contributed by atoms with Gasteiger partial charge in [0.2, 0.25) is 0 Å². The second kappa shape index (κ2) is 5.40. The number of nitro benzene ring substituents is 1. The molecule has 90 valence electrons. The third-order valence-electron chi connectivity index (χ3n) is 2.10. The smallest absolute Gasteiger partial charge is 0.311 e. The fraction of sp³-hybridized carbons (Fsp3) is 0.200. The zero-order valence-corrected chi connectivity index (χ0v) is 9.56. The fourth-order valence-electron chi connectivity index (χ4n) is 1.30. The van der Waals surface area contributed by atoms with Crippen LogP contribution >= 0.6 is 11.6 Å². The highest BCUT2D eigenvalue weighted by molar-refractivity contribution is 6.31. The Morgan fingerprint density at radius 3 is 2.65 bits per heavy atom. The summed E-state index contributed by atoms with van der Waals surface area (Å²) in [6, 6.07) is 2.14. The summed E-state index contributed by atoms with van der Waals surface area (Å²) in [5.41, 5.74) is -0.452. The number of hydrogen-bond acceptors (Lipinski definition) is 5. The monoisotopic (exact) mass is 257 g/mol. The van der Waals surface area contributed by atoms with E-state index < -0.39 is 10.7 Å². The van der Waals surface area contributed by atoms with Gasteiger partial charge in [-0.2, -0.15) is 0 Å². The number of ether oxygens (including phenoxy) is 1. The third kappa shape index (κ3) is 2.59. The molecule has 0 aliphatic heterocycles. The molecular formula is C10H8ClNO5. The molecule has 0 saturated carbocycles. The first kappa shape index (κ1) is 13.1. The van der Waals surface area contributed by atoms with Gasteiger partial charge in [-0.25, -0.2) is 0 Å². The second-order valence-electron chi connectivity index (χ2n) is 3.04. The number of halogens is 1. The number of aldehydes is 1. The van der Waals surface area contributed by atoms with Crippen molar-refractivity contribution in [3.63, 3.8) is 0 Å². The van der Waals surface area contributed by atoms with Gasteiger partial charge in [-0.15, -0.1) is 11.6 Å². The average Bonchev–Trinajstić information content (AvgIpc) is 2.35. The Labute approximate surface area is 101 Å². The molecule has 0 bridgehead atoms. The minimum absolute atomic E-state index is 0.0121. The molecule has 0 saturated heterocycles. The Kier molecular flexibility index (Phi) is 4.17. The molecule has 0 aliphatic carbocycles. The van der Waals surface area contributed by atoms with Crippen molar-refractivity contribution in [1.82, 2.24) is 0 Å². The number of nitrogens with zero attached hydrogens (tertiary/aromatic N) is 1. The summed E-state index contributed by atoms with van der Waals surface area (Å²) in [5.74, 6) is -0.993. The van der Waals surface area contributed by atoms with Crippen LogP contribution in [0.25, 0.3) is 0 Å². The highest BCUT2D eigenvalue weighted by atomic mass is 35.5. The summed E-state index contributed by atoms with van der Waals surface area (Å²) in [4.78, 5) is 32.2. The molecule has 0 atom stereocenters. The first-order valence-electron chi connectivity index (χ1n) is 4.46. The molecule has 0 aliphatic rings. The van der Waals surface area contributed by atoms with Crippen molar-refractivity contribution >= 4 is 29.4 Å². The Balaban J connectivity index is 3.49. The minimum atomic E-state index is -0.696. The van der Waals surface area contributed by atoms with E-state index in [1.54, 1.807) is 0 Å². The number of ketones is 1. The van der Waals surface area contributed by atoms with Crippen molar-refractivity contribution in [2.24, 2.45) is 0 Å². The molecule has 1 aromatic rings. The molecule has 1 aromatic carbocycles. The normalized spacial score (nSPS) is 9.76. The van der Waals surface area contributed by atoms with Gasteiger partial charge in [0.1, 0.15) is 0 Å². The van der Waals surface area contributed by atoms with Crippen LogP contribution in [0.3, 0.4) is 0 Å². The lowest BCUT2D eigenvalue weighted by atomic mass is 10.0. The molecule has 0 amide bonds. The van der Waals surface area contributed by atoms with E-state index in [0.29, 0.717) is 6.29 Å². The molecular weight excluding hydrogens is 250 g/mol. The van der Waals surface area contributed by atoms with Crippen LogP contribution in [0.2, 0.25) is 0 Å². The molecule has 17 heavy (non-hydrogen) atoms. The van der Waals surface area contributed by atoms with Crippen molar-refractivity contribution in [2.45, 2.75) is 0 Å². The van der Waals surface area contributed by atoms with Crippen LogP contribution in [0.4, 0.5) is 5.69 Å². The Bertz CT molecular complexity index is 486. The summed E-state index contributed by atoms with van der Waals surface area (Å²) >= 11 is 5.35. The van der Waals surface area contributed by atoms with E-state index in [4.69, 9.17) is 16.3 Å². The number of benzene rings is 1. The molecule has 0 fully saturated rings. The Morgan fingerprint density at radius 2 is 2.24 bits per heavy atom. The molecule has 0 heterocycles.